The summed E-state index contributed by atoms with van der Waals surface area (Å²) < 4.78 is 29.9. The Morgan fingerprint density at radius 1 is 0.905 bits per heavy atom. The highest BCUT2D eigenvalue weighted by atomic mass is 32.2. The number of rotatable bonds is 4. The average Bonchev–Trinajstić information content (AvgIpc) is 2.36. The van der Waals surface area contributed by atoms with Crippen molar-refractivity contribution in [1.82, 2.24) is 0 Å². The zero-order valence-electron chi connectivity index (χ0n) is 12.8. The van der Waals surface area contributed by atoms with Crippen LogP contribution in [0.4, 0.5) is 0 Å². The van der Waals surface area contributed by atoms with Crippen molar-refractivity contribution in [3.63, 3.8) is 0 Å². The van der Waals surface area contributed by atoms with E-state index in [1.165, 1.54) is 0 Å². The van der Waals surface area contributed by atoms with Crippen LogP contribution in [0, 0.1) is 27.7 Å². The first-order chi connectivity index (χ1) is 9.78. The van der Waals surface area contributed by atoms with E-state index < -0.39 is 10.1 Å². The maximum atomic E-state index is 12.3. The topological polar surface area (TPSA) is 43.4 Å². The Balaban J connectivity index is 2.29. The molecule has 0 aliphatic rings. The van der Waals surface area contributed by atoms with E-state index in [4.69, 9.17) is 4.18 Å². The van der Waals surface area contributed by atoms with Crippen LogP contribution in [0.2, 0.25) is 0 Å². The molecule has 0 atom stereocenters. The summed E-state index contributed by atoms with van der Waals surface area (Å²) in [6.07, 6.45) is 0. The molecule has 0 bridgehead atoms. The maximum Gasteiger partial charge on any atom is 0.313 e. The van der Waals surface area contributed by atoms with Crippen LogP contribution in [0.5, 0.6) is 5.75 Å². The second-order valence-electron chi connectivity index (χ2n) is 5.44. The molecule has 112 valence electrons. The molecule has 4 heteroatoms. The van der Waals surface area contributed by atoms with Crippen molar-refractivity contribution in [1.29, 1.82) is 0 Å². The average molecular weight is 304 g/mol. The first kappa shape index (κ1) is 15.6. The quantitative estimate of drug-likeness (QED) is 0.806. The van der Waals surface area contributed by atoms with Gasteiger partial charge in [0.25, 0.3) is 0 Å². The Bertz CT molecular complexity index is 738. The van der Waals surface area contributed by atoms with E-state index in [0.717, 1.165) is 27.8 Å². The van der Waals surface area contributed by atoms with Gasteiger partial charge in [-0.1, -0.05) is 42.0 Å². The van der Waals surface area contributed by atoms with Crippen LogP contribution in [0.15, 0.2) is 36.4 Å². The summed E-state index contributed by atoms with van der Waals surface area (Å²) in [5.41, 5.74) is 4.47. The first-order valence-corrected chi connectivity index (χ1v) is 8.41. The second-order valence-corrected chi connectivity index (χ2v) is 7.01. The van der Waals surface area contributed by atoms with Crippen LogP contribution >= 0.6 is 0 Å². The lowest BCUT2D eigenvalue weighted by Gasteiger charge is -2.13. The predicted octanol–water partition coefficient (Wildman–Crippen LogP) is 3.83. The summed E-state index contributed by atoms with van der Waals surface area (Å²) in [5.74, 6) is 0.320. The molecule has 0 unspecified atom stereocenters. The Labute approximate surface area is 126 Å². The lowest BCUT2D eigenvalue weighted by atomic mass is 10.1. The molecule has 0 radical (unpaired) electrons. The molecule has 0 saturated carbocycles. The van der Waals surface area contributed by atoms with Crippen molar-refractivity contribution in [3.05, 3.63) is 64.2 Å². The zero-order chi connectivity index (χ0) is 15.6. The minimum Gasteiger partial charge on any atom is -0.382 e. The summed E-state index contributed by atoms with van der Waals surface area (Å²) in [6, 6.07) is 11.3. The number of aryl methyl sites for hydroxylation is 4. The van der Waals surface area contributed by atoms with Crippen LogP contribution in [0.25, 0.3) is 0 Å². The van der Waals surface area contributed by atoms with Crippen molar-refractivity contribution in [3.8, 4) is 5.75 Å². The summed E-state index contributed by atoms with van der Waals surface area (Å²) in [6.45, 7) is 7.59. The van der Waals surface area contributed by atoms with Gasteiger partial charge in [-0.2, -0.15) is 8.42 Å². The van der Waals surface area contributed by atoms with E-state index in [-0.39, 0.29) is 5.75 Å². The molecule has 2 rings (SSSR count). The van der Waals surface area contributed by atoms with Crippen molar-refractivity contribution in [2.45, 2.75) is 33.4 Å². The molecular formula is C17H20O3S. The number of hydrogen-bond acceptors (Lipinski definition) is 3. The van der Waals surface area contributed by atoms with E-state index in [1.54, 1.807) is 0 Å². The minimum atomic E-state index is -3.67. The standard InChI is InChI=1S/C17H20O3S/c1-12-9-14(3)17(15(4)10-12)20-21(18,19)11-16-8-6-5-7-13(16)2/h5-10H,11H2,1-4H3. The van der Waals surface area contributed by atoms with Crippen LogP contribution < -0.4 is 4.18 Å². The van der Waals surface area contributed by atoms with Gasteiger partial charge >= 0.3 is 10.1 Å². The van der Waals surface area contributed by atoms with E-state index in [2.05, 4.69) is 0 Å². The highest BCUT2D eigenvalue weighted by Gasteiger charge is 2.18. The van der Waals surface area contributed by atoms with Gasteiger partial charge in [0, 0.05) is 0 Å². The van der Waals surface area contributed by atoms with Gasteiger partial charge in [0.05, 0.1) is 0 Å². The van der Waals surface area contributed by atoms with E-state index in [0.29, 0.717) is 5.75 Å². The molecule has 3 nitrogen and oxygen atoms in total. The van der Waals surface area contributed by atoms with Crippen LogP contribution in [-0.4, -0.2) is 8.42 Å². The molecule has 0 amide bonds. The summed E-state index contributed by atoms with van der Waals surface area (Å²) in [7, 11) is -3.67. The predicted molar refractivity (Wildman–Crippen MR) is 85.1 cm³/mol. The molecule has 21 heavy (non-hydrogen) atoms. The third-order valence-corrected chi connectivity index (χ3v) is 4.49. The van der Waals surface area contributed by atoms with Gasteiger partial charge in [-0.3, -0.25) is 0 Å². The fourth-order valence-corrected chi connectivity index (χ4v) is 3.70. The molecule has 0 heterocycles. The van der Waals surface area contributed by atoms with Gasteiger partial charge < -0.3 is 4.18 Å². The van der Waals surface area contributed by atoms with Crippen LogP contribution in [0.1, 0.15) is 27.8 Å². The summed E-state index contributed by atoms with van der Waals surface area (Å²) >= 11 is 0. The SMILES string of the molecule is Cc1cc(C)c(OS(=O)(=O)Cc2ccccc2C)c(C)c1. The third-order valence-electron chi connectivity index (χ3n) is 3.41. The summed E-state index contributed by atoms with van der Waals surface area (Å²) in [5, 5.41) is 0. The van der Waals surface area contributed by atoms with Gasteiger partial charge in [-0.05, 0) is 49.9 Å². The minimum absolute atomic E-state index is 0.119. The lowest BCUT2D eigenvalue weighted by molar-refractivity contribution is 0.481. The number of benzene rings is 2. The van der Waals surface area contributed by atoms with E-state index >= 15 is 0 Å². The third kappa shape index (κ3) is 3.85. The normalized spacial score (nSPS) is 11.4. The molecule has 0 saturated heterocycles. The van der Waals surface area contributed by atoms with Crippen molar-refractivity contribution in [2.24, 2.45) is 0 Å². The Hall–Kier alpha value is -1.81. The Morgan fingerprint density at radius 2 is 1.48 bits per heavy atom. The smallest absolute Gasteiger partial charge is 0.313 e. The molecule has 0 aromatic heterocycles. The molecule has 2 aromatic carbocycles. The second kappa shape index (κ2) is 5.90. The molecule has 0 N–H and O–H groups in total. The maximum absolute atomic E-state index is 12.3. The van der Waals surface area contributed by atoms with Gasteiger partial charge in [0.1, 0.15) is 11.5 Å². The fourth-order valence-electron chi connectivity index (χ4n) is 2.42. The molecule has 0 fully saturated rings. The molecule has 2 aromatic rings. The van der Waals surface area contributed by atoms with Crippen molar-refractivity contribution in [2.75, 3.05) is 0 Å². The number of hydrogen-bond donors (Lipinski definition) is 0. The molecule has 0 aliphatic carbocycles. The molecule has 0 aliphatic heterocycles. The van der Waals surface area contributed by atoms with Crippen molar-refractivity contribution >= 4 is 10.1 Å². The van der Waals surface area contributed by atoms with Crippen molar-refractivity contribution < 1.29 is 12.6 Å². The fraction of sp³-hybridized carbons (Fsp3) is 0.294. The highest BCUT2D eigenvalue weighted by molar-refractivity contribution is 7.86. The monoisotopic (exact) mass is 304 g/mol. The first-order valence-electron chi connectivity index (χ1n) is 6.83. The largest absolute Gasteiger partial charge is 0.382 e. The lowest BCUT2D eigenvalue weighted by Crippen LogP contribution is -2.14. The van der Waals surface area contributed by atoms with Gasteiger partial charge in [0.2, 0.25) is 0 Å². The van der Waals surface area contributed by atoms with Gasteiger partial charge in [-0.15, -0.1) is 0 Å². The van der Waals surface area contributed by atoms with E-state index in [9.17, 15) is 8.42 Å². The van der Waals surface area contributed by atoms with E-state index in [1.807, 2.05) is 64.1 Å². The van der Waals surface area contributed by atoms with Crippen LogP contribution in [0.3, 0.4) is 0 Å². The molecular weight excluding hydrogens is 284 g/mol. The Morgan fingerprint density at radius 3 is 2.05 bits per heavy atom. The van der Waals surface area contributed by atoms with Crippen LogP contribution in [-0.2, 0) is 15.9 Å². The Kier molecular flexibility index (Phi) is 4.37. The zero-order valence-corrected chi connectivity index (χ0v) is 13.6. The highest BCUT2D eigenvalue weighted by Crippen LogP contribution is 2.27. The summed E-state index contributed by atoms with van der Waals surface area (Å²) in [4.78, 5) is 0. The van der Waals surface area contributed by atoms with Gasteiger partial charge in [-0.25, -0.2) is 0 Å². The van der Waals surface area contributed by atoms with Gasteiger partial charge in [0.15, 0.2) is 0 Å². The molecule has 0 spiro atoms.